The maximum Gasteiger partial charge on any atom is 0.188 e. The molecule has 0 saturated heterocycles. The first kappa shape index (κ1) is 18.6. The van der Waals surface area contributed by atoms with Gasteiger partial charge in [-0.2, -0.15) is 0 Å². The number of methoxy groups -OCH3 is 2. The van der Waals surface area contributed by atoms with Crippen molar-refractivity contribution in [3.05, 3.63) is 52.3 Å². The number of ether oxygens (including phenoxy) is 4. The Labute approximate surface area is 151 Å². The zero-order chi connectivity index (χ0) is 17.5. The second-order valence-corrected chi connectivity index (χ2v) is 5.69. The van der Waals surface area contributed by atoms with Crippen molar-refractivity contribution in [2.24, 2.45) is 0 Å². The Morgan fingerprint density at radius 3 is 2.46 bits per heavy atom. The van der Waals surface area contributed by atoms with Crippen molar-refractivity contribution in [2.75, 3.05) is 27.8 Å². The molecule has 0 unspecified atom stereocenters. The highest BCUT2D eigenvalue weighted by Gasteiger charge is 2.18. The number of halogens is 1. The summed E-state index contributed by atoms with van der Waals surface area (Å²) in [6.45, 7) is 2.09. The molecule has 128 valence electrons. The van der Waals surface area contributed by atoms with Crippen molar-refractivity contribution in [1.82, 2.24) is 4.98 Å². The third-order valence-electron chi connectivity index (χ3n) is 3.16. The summed E-state index contributed by atoms with van der Waals surface area (Å²) in [6, 6.07) is 7.13. The number of aromatic nitrogens is 1. The van der Waals surface area contributed by atoms with Crippen molar-refractivity contribution in [1.29, 1.82) is 0 Å². The molecule has 0 bridgehead atoms. The number of thiocarbonyl (C=S) groups is 1. The minimum Gasteiger partial charge on any atom is -0.467 e. The molecule has 0 radical (unpaired) electrons. The molecule has 0 fully saturated rings. The molecular weight excluding hydrogens is 350 g/mol. The van der Waals surface area contributed by atoms with Gasteiger partial charge in [-0.1, -0.05) is 23.8 Å². The fourth-order valence-corrected chi connectivity index (χ4v) is 2.48. The SMILES string of the molecule is COCOc1cc(C)c(Cl)cc1C(=S)c1ncccc1OCOC. The molecule has 24 heavy (non-hydrogen) atoms. The highest BCUT2D eigenvalue weighted by molar-refractivity contribution is 7.81. The van der Waals surface area contributed by atoms with Gasteiger partial charge in [-0.25, -0.2) is 0 Å². The Balaban J connectivity index is 2.44. The van der Waals surface area contributed by atoms with E-state index in [0.717, 1.165) is 5.56 Å². The highest BCUT2D eigenvalue weighted by Crippen LogP contribution is 2.31. The maximum absolute atomic E-state index is 6.26. The van der Waals surface area contributed by atoms with Gasteiger partial charge in [-0.15, -0.1) is 0 Å². The van der Waals surface area contributed by atoms with E-state index >= 15 is 0 Å². The van der Waals surface area contributed by atoms with Crippen molar-refractivity contribution in [2.45, 2.75) is 6.92 Å². The molecular formula is C17H18ClNO4S. The number of hydrogen-bond acceptors (Lipinski definition) is 6. The summed E-state index contributed by atoms with van der Waals surface area (Å²) in [5.41, 5.74) is 2.05. The zero-order valence-corrected chi connectivity index (χ0v) is 15.2. The van der Waals surface area contributed by atoms with E-state index in [1.807, 2.05) is 13.0 Å². The standard InChI is InChI=1S/C17H18ClNO4S/c1-11-7-15(23-10-21-3)12(8-13(11)18)17(24)16-14(22-9-20-2)5-4-6-19-16/h4-8H,9-10H2,1-3H3. The second kappa shape index (κ2) is 8.94. The summed E-state index contributed by atoms with van der Waals surface area (Å²) in [4.78, 5) is 4.80. The first-order chi connectivity index (χ1) is 11.6. The minimum absolute atomic E-state index is 0.100. The number of nitrogens with zero attached hydrogens (tertiary/aromatic N) is 1. The lowest BCUT2D eigenvalue weighted by molar-refractivity contribution is 0.0506. The molecule has 0 aliphatic heterocycles. The van der Waals surface area contributed by atoms with Crippen molar-refractivity contribution in [3.63, 3.8) is 0 Å². The molecule has 0 amide bonds. The Kier molecular flexibility index (Phi) is 6.93. The molecule has 1 heterocycles. The van der Waals surface area contributed by atoms with Crippen molar-refractivity contribution in [3.8, 4) is 11.5 Å². The lowest BCUT2D eigenvalue weighted by Gasteiger charge is -2.15. The third kappa shape index (κ3) is 4.42. The molecule has 0 saturated carbocycles. The number of rotatable bonds is 8. The normalized spacial score (nSPS) is 10.5. The number of pyridine rings is 1. The second-order valence-electron chi connectivity index (χ2n) is 4.88. The van der Waals surface area contributed by atoms with Crippen LogP contribution in [-0.4, -0.2) is 37.7 Å². The van der Waals surface area contributed by atoms with E-state index in [1.165, 1.54) is 0 Å². The minimum atomic E-state index is 0.100. The van der Waals surface area contributed by atoms with Crippen molar-refractivity contribution < 1.29 is 18.9 Å². The summed E-state index contributed by atoms with van der Waals surface area (Å²) in [7, 11) is 3.10. The molecule has 0 aliphatic rings. The summed E-state index contributed by atoms with van der Waals surface area (Å²) in [5.74, 6) is 1.10. The fourth-order valence-electron chi connectivity index (χ4n) is 2.00. The third-order valence-corrected chi connectivity index (χ3v) is 3.98. The predicted molar refractivity (Wildman–Crippen MR) is 96.2 cm³/mol. The molecule has 2 aromatic rings. The van der Waals surface area contributed by atoms with Crippen LogP contribution >= 0.6 is 23.8 Å². The van der Waals surface area contributed by atoms with Gasteiger partial charge in [0.25, 0.3) is 0 Å². The van der Waals surface area contributed by atoms with Crippen LogP contribution in [0.2, 0.25) is 5.02 Å². The highest BCUT2D eigenvalue weighted by atomic mass is 35.5. The molecule has 0 aliphatic carbocycles. The average molecular weight is 368 g/mol. The Hall–Kier alpha value is -1.73. The van der Waals surface area contributed by atoms with E-state index in [4.69, 9.17) is 42.8 Å². The van der Waals surface area contributed by atoms with E-state index < -0.39 is 0 Å². The van der Waals surface area contributed by atoms with Gasteiger partial charge in [0.2, 0.25) is 0 Å². The van der Waals surface area contributed by atoms with Crippen LogP contribution < -0.4 is 9.47 Å². The molecule has 1 aromatic carbocycles. The molecule has 0 spiro atoms. The van der Waals surface area contributed by atoms with Crippen LogP contribution in [0.15, 0.2) is 30.5 Å². The molecule has 0 atom stereocenters. The monoisotopic (exact) mass is 367 g/mol. The van der Waals surface area contributed by atoms with Crippen LogP contribution in [0, 0.1) is 6.92 Å². The van der Waals surface area contributed by atoms with Gasteiger partial charge < -0.3 is 18.9 Å². The van der Waals surface area contributed by atoms with Crippen LogP contribution in [0.1, 0.15) is 16.8 Å². The quantitative estimate of drug-likeness (QED) is 0.402. The van der Waals surface area contributed by atoms with E-state index in [-0.39, 0.29) is 13.6 Å². The molecule has 0 N–H and O–H groups in total. The predicted octanol–water partition coefficient (Wildman–Crippen LogP) is 3.78. The number of benzene rings is 1. The largest absolute Gasteiger partial charge is 0.467 e. The topological polar surface area (TPSA) is 49.8 Å². The van der Waals surface area contributed by atoms with E-state index in [2.05, 4.69) is 4.98 Å². The van der Waals surface area contributed by atoms with E-state index in [0.29, 0.717) is 32.6 Å². The lowest BCUT2D eigenvalue weighted by Crippen LogP contribution is -2.11. The van der Waals surface area contributed by atoms with Gasteiger partial charge >= 0.3 is 0 Å². The Bertz CT molecular complexity index is 724. The smallest absolute Gasteiger partial charge is 0.188 e. The fraction of sp³-hybridized carbons (Fsp3) is 0.294. The van der Waals surface area contributed by atoms with E-state index in [1.54, 1.807) is 38.6 Å². The molecule has 7 heteroatoms. The molecule has 2 rings (SSSR count). The lowest BCUT2D eigenvalue weighted by atomic mass is 10.0. The van der Waals surface area contributed by atoms with Crippen LogP contribution in [0.3, 0.4) is 0 Å². The Morgan fingerprint density at radius 1 is 1.12 bits per heavy atom. The summed E-state index contributed by atoms with van der Waals surface area (Å²) >= 11 is 11.9. The Morgan fingerprint density at radius 2 is 1.79 bits per heavy atom. The molecule has 1 aromatic heterocycles. The van der Waals surface area contributed by atoms with Crippen LogP contribution in [0.25, 0.3) is 0 Å². The number of aryl methyl sites for hydroxylation is 1. The first-order valence-corrected chi connectivity index (χ1v) is 7.90. The summed E-state index contributed by atoms with van der Waals surface area (Å²) in [5, 5.41) is 0.590. The van der Waals surface area contributed by atoms with Gasteiger partial charge in [0, 0.05) is 31.0 Å². The van der Waals surface area contributed by atoms with Gasteiger partial charge in [0.05, 0.1) is 4.86 Å². The first-order valence-electron chi connectivity index (χ1n) is 7.11. The van der Waals surface area contributed by atoms with Gasteiger partial charge in [0.15, 0.2) is 13.6 Å². The average Bonchev–Trinajstić information content (AvgIpc) is 2.60. The van der Waals surface area contributed by atoms with Crippen molar-refractivity contribution >= 4 is 28.7 Å². The summed E-state index contributed by atoms with van der Waals surface area (Å²) < 4.78 is 21.1. The maximum atomic E-state index is 6.26. The van der Waals surface area contributed by atoms with Gasteiger partial charge in [-0.3, -0.25) is 4.98 Å². The zero-order valence-electron chi connectivity index (χ0n) is 13.7. The van der Waals surface area contributed by atoms with E-state index in [9.17, 15) is 0 Å². The number of hydrogen-bond donors (Lipinski definition) is 0. The van der Waals surface area contributed by atoms with Gasteiger partial charge in [0.1, 0.15) is 17.2 Å². The summed E-state index contributed by atoms with van der Waals surface area (Å²) in [6.07, 6.45) is 1.65. The molecule has 5 nitrogen and oxygen atoms in total. The van der Waals surface area contributed by atoms with Gasteiger partial charge in [-0.05, 0) is 36.8 Å². The van der Waals surface area contributed by atoms with Crippen LogP contribution in [-0.2, 0) is 9.47 Å². The van der Waals surface area contributed by atoms with Crippen LogP contribution in [0.4, 0.5) is 0 Å². The van der Waals surface area contributed by atoms with Crippen LogP contribution in [0.5, 0.6) is 11.5 Å².